The van der Waals surface area contributed by atoms with Gasteiger partial charge in [0.1, 0.15) is 19.3 Å². The molecule has 2 amide bonds. The van der Waals surface area contributed by atoms with Gasteiger partial charge in [-0.05, 0) is 42.7 Å². The number of alkyl carbamates (subject to hydrolysis) is 1. The van der Waals surface area contributed by atoms with E-state index in [0.29, 0.717) is 11.1 Å². The molecule has 2 unspecified atom stereocenters. The fourth-order valence-electron chi connectivity index (χ4n) is 4.11. The highest BCUT2D eigenvalue weighted by Gasteiger charge is 2.24. The second-order valence-electron chi connectivity index (χ2n) is 9.73. The largest absolute Gasteiger partial charge is 0.460 e. The number of esters is 1. The number of hydrogen-bond donors (Lipinski definition) is 2. The number of nitrogens with one attached hydrogen (secondary N) is 2. The molecule has 0 saturated carbocycles. The zero-order valence-corrected chi connectivity index (χ0v) is 23.4. The summed E-state index contributed by atoms with van der Waals surface area (Å²) < 4.78 is 10.7. The molecule has 0 aliphatic carbocycles. The number of ether oxygens (including phenoxy) is 2. The van der Waals surface area contributed by atoms with Crippen LogP contribution in [0.25, 0.3) is 0 Å². The van der Waals surface area contributed by atoms with E-state index in [-0.39, 0.29) is 30.2 Å². The molecule has 0 bridgehead atoms. The maximum absolute atomic E-state index is 13.5. The van der Waals surface area contributed by atoms with Crippen molar-refractivity contribution in [3.05, 3.63) is 137 Å². The van der Waals surface area contributed by atoms with E-state index in [4.69, 9.17) is 9.47 Å². The van der Waals surface area contributed by atoms with Crippen molar-refractivity contribution in [3.8, 4) is 0 Å². The molecule has 4 aromatic rings. The minimum absolute atomic E-state index is 0.0597. The van der Waals surface area contributed by atoms with Gasteiger partial charge in [0.15, 0.2) is 5.78 Å². The van der Waals surface area contributed by atoms with Gasteiger partial charge in [-0.1, -0.05) is 97.1 Å². The number of ketones is 1. The topological polar surface area (TPSA) is 111 Å². The van der Waals surface area contributed by atoms with Gasteiger partial charge in [0.2, 0.25) is 5.91 Å². The lowest BCUT2D eigenvalue weighted by atomic mass is 9.94. The first kappa shape index (κ1) is 29.7. The van der Waals surface area contributed by atoms with Crippen molar-refractivity contribution in [2.24, 2.45) is 0 Å². The van der Waals surface area contributed by atoms with Crippen LogP contribution in [0.5, 0.6) is 0 Å². The number of anilines is 1. The second-order valence-corrected chi connectivity index (χ2v) is 9.73. The van der Waals surface area contributed by atoms with Crippen molar-refractivity contribution in [2.45, 2.75) is 39.0 Å². The molecular weight excluding hydrogens is 532 g/mol. The first-order chi connectivity index (χ1) is 20.3. The van der Waals surface area contributed by atoms with Gasteiger partial charge < -0.3 is 20.1 Å². The maximum Gasteiger partial charge on any atom is 0.408 e. The molecule has 8 heteroatoms. The van der Waals surface area contributed by atoms with Crippen molar-refractivity contribution in [1.29, 1.82) is 0 Å². The summed E-state index contributed by atoms with van der Waals surface area (Å²) in [5.74, 6) is -1.99. The van der Waals surface area contributed by atoms with Gasteiger partial charge in [-0.25, -0.2) is 4.79 Å². The minimum atomic E-state index is -0.959. The standard InChI is InChI=1S/C34H32N2O6/c1-23(33(39)41-21-25-12-6-3-7-13-25)28-18-19-30(29(20-28)31(37)27-16-10-5-11-17-27)36-32(38)24(2)35-34(40)42-22-26-14-8-4-9-15-26/h3-20,23-24H,21-22H2,1-2H3,(H,35,40)(H,36,38). The number of hydrogen-bond acceptors (Lipinski definition) is 6. The molecule has 0 aromatic heterocycles. The quantitative estimate of drug-likeness (QED) is 0.170. The Morgan fingerprint density at radius 1 is 0.690 bits per heavy atom. The zero-order valence-electron chi connectivity index (χ0n) is 23.4. The fraction of sp³-hybridized carbons (Fsp3) is 0.176. The summed E-state index contributed by atoms with van der Waals surface area (Å²) in [6, 6.07) is 31.0. The first-order valence-electron chi connectivity index (χ1n) is 13.5. The van der Waals surface area contributed by atoms with E-state index in [1.165, 1.54) is 6.92 Å². The van der Waals surface area contributed by atoms with Crippen LogP contribution in [0.1, 0.15) is 52.4 Å². The Kier molecular flexibility index (Phi) is 10.2. The summed E-state index contributed by atoms with van der Waals surface area (Å²) >= 11 is 0. The third-order valence-electron chi connectivity index (χ3n) is 6.60. The smallest absolute Gasteiger partial charge is 0.408 e. The van der Waals surface area contributed by atoms with Crippen LogP contribution in [0, 0.1) is 0 Å². The molecule has 42 heavy (non-hydrogen) atoms. The van der Waals surface area contributed by atoms with Crippen molar-refractivity contribution in [2.75, 3.05) is 5.32 Å². The lowest BCUT2D eigenvalue weighted by molar-refractivity contribution is -0.146. The van der Waals surface area contributed by atoms with Gasteiger partial charge in [0.05, 0.1) is 11.6 Å². The number of rotatable bonds is 11. The summed E-state index contributed by atoms with van der Waals surface area (Å²) in [5, 5.41) is 5.24. The Bertz CT molecular complexity index is 1520. The normalized spacial score (nSPS) is 12.0. The third kappa shape index (κ3) is 8.14. The van der Waals surface area contributed by atoms with Gasteiger partial charge >= 0.3 is 12.1 Å². The number of benzene rings is 4. The van der Waals surface area contributed by atoms with Gasteiger partial charge in [-0.2, -0.15) is 0 Å². The lowest BCUT2D eigenvalue weighted by Gasteiger charge is -2.18. The van der Waals surface area contributed by atoms with Crippen molar-refractivity contribution in [1.82, 2.24) is 5.32 Å². The molecule has 0 aliphatic heterocycles. The SMILES string of the molecule is CC(NC(=O)OCc1ccccc1)C(=O)Nc1ccc(C(C)C(=O)OCc2ccccc2)cc1C(=O)c1ccccc1. The summed E-state index contributed by atoms with van der Waals surface area (Å²) in [6.07, 6.45) is -0.750. The molecule has 4 rings (SSSR count). The molecule has 0 fully saturated rings. The van der Waals surface area contributed by atoms with Gasteiger partial charge in [0.25, 0.3) is 0 Å². The van der Waals surface area contributed by atoms with Crippen LogP contribution in [0.2, 0.25) is 0 Å². The highest BCUT2D eigenvalue weighted by Crippen LogP contribution is 2.26. The molecule has 0 saturated heterocycles. The first-order valence-corrected chi connectivity index (χ1v) is 13.5. The molecule has 0 heterocycles. The summed E-state index contributed by atoms with van der Waals surface area (Å²) in [6.45, 7) is 3.40. The van der Waals surface area contributed by atoms with Crippen LogP contribution in [0.4, 0.5) is 10.5 Å². The fourth-order valence-corrected chi connectivity index (χ4v) is 4.11. The molecule has 2 atom stereocenters. The van der Waals surface area contributed by atoms with E-state index >= 15 is 0 Å². The minimum Gasteiger partial charge on any atom is -0.460 e. The molecule has 214 valence electrons. The Hall–Kier alpha value is -5.24. The van der Waals surface area contributed by atoms with Gasteiger partial charge in [-0.3, -0.25) is 14.4 Å². The molecule has 0 spiro atoms. The molecular formula is C34H32N2O6. The van der Waals surface area contributed by atoms with Crippen LogP contribution >= 0.6 is 0 Å². The Morgan fingerprint density at radius 3 is 1.83 bits per heavy atom. The number of carbonyl (C=O) groups is 4. The summed E-state index contributed by atoms with van der Waals surface area (Å²) in [5.41, 5.74) is 3.10. The maximum atomic E-state index is 13.5. The van der Waals surface area contributed by atoms with E-state index in [1.807, 2.05) is 60.7 Å². The highest BCUT2D eigenvalue weighted by molar-refractivity contribution is 6.14. The van der Waals surface area contributed by atoms with Crippen LogP contribution < -0.4 is 10.6 Å². The zero-order chi connectivity index (χ0) is 29.9. The molecule has 0 aliphatic rings. The highest BCUT2D eigenvalue weighted by atomic mass is 16.5. The summed E-state index contributed by atoms with van der Waals surface area (Å²) in [7, 11) is 0. The molecule has 4 aromatic carbocycles. The molecule has 2 N–H and O–H groups in total. The average molecular weight is 565 g/mol. The number of carbonyl (C=O) groups excluding carboxylic acids is 4. The van der Waals surface area contributed by atoms with Crippen molar-refractivity contribution >= 4 is 29.4 Å². The van der Waals surface area contributed by atoms with Crippen LogP contribution in [0.15, 0.2) is 109 Å². The van der Waals surface area contributed by atoms with E-state index < -0.39 is 29.9 Å². The molecule has 8 nitrogen and oxygen atoms in total. The predicted octanol–water partition coefficient (Wildman–Crippen LogP) is 6.02. The van der Waals surface area contributed by atoms with Crippen LogP contribution in [-0.2, 0) is 32.3 Å². The monoisotopic (exact) mass is 564 g/mol. The third-order valence-corrected chi connectivity index (χ3v) is 6.60. The van der Waals surface area contributed by atoms with E-state index in [0.717, 1.165) is 11.1 Å². The van der Waals surface area contributed by atoms with Crippen molar-refractivity contribution < 1.29 is 28.7 Å². The van der Waals surface area contributed by atoms with E-state index in [2.05, 4.69) is 10.6 Å². The van der Waals surface area contributed by atoms with E-state index in [1.54, 1.807) is 55.5 Å². The Labute approximate surface area is 244 Å². The Balaban J connectivity index is 1.47. The van der Waals surface area contributed by atoms with Crippen LogP contribution in [-0.4, -0.2) is 29.8 Å². The predicted molar refractivity (Wildman–Crippen MR) is 159 cm³/mol. The lowest BCUT2D eigenvalue weighted by Crippen LogP contribution is -2.42. The number of amides is 2. The van der Waals surface area contributed by atoms with E-state index in [9.17, 15) is 19.2 Å². The Morgan fingerprint density at radius 2 is 1.24 bits per heavy atom. The second kappa shape index (κ2) is 14.4. The van der Waals surface area contributed by atoms with Gasteiger partial charge in [0, 0.05) is 11.1 Å². The molecule has 0 radical (unpaired) electrons. The van der Waals surface area contributed by atoms with Gasteiger partial charge in [-0.15, -0.1) is 0 Å². The van der Waals surface area contributed by atoms with Crippen molar-refractivity contribution in [3.63, 3.8) is 0 Å². The average Bonchev–Trinajstić information content (AvgIpc) is 3.03. The van der Waals surface area contributed by atoms with Crippen LogP contribution in [0.3, 0.4) is 0 Å². The summed E-state index contributed by atoms with van der Waals surface area (Å²) in [4.78, 5) is 51.6.